The minimum Gasteiger partial charge on any atom is -0.361 e. The van der Waals surface area contributed by atoms with E-state index in [0.717, 1.165) is 15.3 Å². The molecular formula is C11H9Br2N. The van der Waals surface area contributed by atoms with Gasteiger partial charge in [-0.2, -0.15) is 0 Å². The molecule has 0 saturated heterocycles. The van der Waals surface area contributed by atoms with Crippen LogP contribution in [0.15, 0.2) is 34.9 Å². The van der Waals surface area contributed by atoms with Crippen molar-refractivity contribution in [2.24, 2.45) is 0 Å². The molecule has 0 spiro atoms. The highest BCUT2D eigenvalue weighted by Gasteiger charge is 2.00. The molecule has 0 fully saturated rings. The summed E-state index contributed by atoms with van der Waals surface area (Å²) in [6.07, 6.45) is 6.22. The lowest BCUT2D eigenvalue weighted by molar-refractivity contribution is 1.47. The average molecular weight is 315 g/mol. The van der Waals surface area contributed by atoms with Crippen molar-refractivity contribution < 1.29 is 0 Å². The largest absolute Gasteiger partial charge is 0.361 e. The van der Waals surface area contributed by atoms with Gasteiger partial charge in [-0.15, -0.1) is 0 Å². The molecule has 0 aliphatic rings. The average Bonchev–Trinajstić information content (AvgIpc) is 2.57. The molecule has 0 saturated carbocycles. The van der Waals surface area contributed by atoms with Crippen LogP contribution in [0, 0.1) is 0 Å². The molecule has 1 nitrogen and oxygen atoms in total. The van der Waals surface area contributed by atoms with Crippen molar-refractivity contribution in [2.45, 2.75) is 0 Å². The molecule has 1 aromatic carbocycles. The van der Waals surface area contributed by atoms with Crippen molar-refractivity contribution in [1.82, 2.24) is 4.98 Å². The van der Waals surface area contributed by atoms with E-state index < -0.39 is 0 Å². The Morgan fingerprint density at radius 3 is 3.00 bits per heavy atom. The maximum absolute atomic E-state index is 3.45. The first-order valence-corrected chi connectivity index (χ1v) is 6.22. The van der Waals surface area contributed by atoms with Crippen LogP contribution in [-0.2, 0) is 0 Å². The molecule has 0 aliphatic carbocycles. The molecule has 2 rings (SSSR count). The predicted molar refractivity (Wildman–Crippen MR) is 68.8 cm³/mol. The Balaban J connectivity index is 2.53. The number of aromatic amines is 1. The van der Waals surface area contributed by atoms with Crippen LogP contribution in [0.4, 0.5) is 0 Å². The number of H-pyrrole nitrogens is 1. The Hall–Kier alpha value is -0.540. The van der Waals surface area contributed by atoms with E-state index in [1.165, 1.54) is 10.9 Å². The van der Waals surface area contributed by atoms with E-state index in [0.29, 0.717) is 0 Å². The van der Waals surface area contributed by atoms with Gasteiger partial charge in [-0.1, -0.05) is 50.1 Å². The van der Waals surface area contributed by atoms with E-state index >= 15 is 0 Å². The molecule has 0 amide bonds. The number of halogens is 2. The zero-order chi connectivity index (χ0) is 9.97. The van der Waals surface area contributed by atoms with Crippen molar-refractivity contribution in [1.29, 1.82) is 0 Å². The molecule has 14 heavy (non-hydrogen) atoms. The summed E-state index contributed by atoms with van der Waals surface area (Å²) in [5.74, 6) is 0. The van der Waals surface area contributed by atoms with Gasteiger partial charge in [-0.25, -0.2) is 0 Å². The van der Waals surface area contributed by atoms with E-state index in [9.17, 15) is 0 Å². The van der Waals surface area contributed by atoms with E-state index in [4.69, 9.17) is 0 Å². The molecule has 72 valence electrons. The Morgan fingerprint density at radius 2 is 2.21 bits per heavy atom. The molecule has 2 aromatic rings. The van der Waals surface area contributed by atoms with Crippen molar-refractivity contribution in [3.8, 4) is 0 Å². The standard InChI is InChI=1S/C11H9Br2N/c12-5-1-2-8-7-14-11-6-9(13)3-4-10(8)11/h1-4,6-7,14H,5H2. The minimum absolute atomic E-state index is 0.885. The number of alkyl halides is 1. The van der Waals surface area contributed by atoms with Gasteiger partial charge in [0.05, 0.1) is 0 Å². The molecule has 1 heterocycles. The van der Waals surface area contributed by atoms with Gasteiger partial charge >= 0.3 is 0 Å². The summed E-state index contributed by atoms with van der Waals surface area (Å²) in [6.45, 7) is 0. The van der Waals surface area contributed by atoms with E-state index in [-0.39, 0.29) is 0 Å². The van der Waals surface area contributed by atoms with Crippen LogP contribution >= 0.6 is 31.9 Å². The molecule has 1 N–H and O–H groups in total. The zero-order valence-electron chi connectivity index (χ0n) is 7.43. The van der Waals surface area contributed by atoms with E-state index in [2.05, 4.69) is 67.2 Å². The summed E-state index contributed by atoms with van der Waals surface area (Å²) in [5.41, 5.74) is 2.39. The van der Waals surface area contributed by atoms with Crippen molar-refractivity contribution in [3.05, 3.63) is 40.5 Å². The Morgan fingerprint density at radius 1 is 1.36 bits per heavy atom. The summed E-state index contributed by atoms with van der Waals surface area (Å²) in [7, 11) is 0. The number of rotatable bonds is 2. The van der Waals surface area contributed by atoms with E-state index in [1.54, 1.807) is 0 Å². The highest BCUT2D eigenvalue weighted by atomic mass is 79.9. The van der Waals surface area contributed by atoms with Gasteiger partial charge in [0.2, 0.25) is 0 Å². The normalized spacial score (nSPS) is 11.6. The van der Waals surface area contributed by atoms with Crippen LogP contribution in [0.25, 0.3) is 17.0 Å². The van der Waals surface area contributed by atoms with Gasteiger partial charge in [0.15, 0.2) is 0 Å². The van der Waals surface area contributed by atoms with Crippen LogP contribution in [-0.4, -0.2) is 10.3 Å². The molecule has 0 unspecified atom stereocenters. The number of aromatic nitrogens is 1. The third-order valence-corrected chi connectivity index (χ3v) is 2.93. The van der Waals surface area contributed by atoms with Gasteiger partial charge in [0, 0.05) is 26.9 Å². The van der Waals surface area contributed by atoms with Crippen molar-refractivity contribution in [3.63, 3.8) is 0 Å². The number of hydrogen-bond donors (Lipinski definition) is 1. The Kier molecular flexibility index (Phi) is 3.08. The summed E-state index contributed by atoms with van der Waals surface area (Å²) in [4.78, 5) is 3.24. The molecule has 0 atom stereocenters. The van der Waals surface area contributed by atoms with Crippen molar-refractivity contribution >= 4 is 48.8 Å². The predicted octanol–water partition coefficient (Wildman–Crippen LogP) is 4.34. The number of benzene rings is 1. The van der Waals surface area contributed by atoms with Crippen molar-refractivity contribution in [2.75, 3.05) is 5.33 Å². The second-order valence-electron chi connectivity index (χ2n) is 2.99. The highest BCUT2D eigenvalue weighted by molar-refractivity contribution is 9.10. The molecule has 1 aromatic heterocycles. The van der Waals surface area contributed by atoms with Crippen LogP contribution in [0.1, 0.15) is 5.56 Å². The molecular weight excluding hydrogens is 306 g/mol. The lowest BCUT2D eigenvalue weighted by Crippen LogP contribution is -1.70. The summed E-state index contributed by atoms with van der Waals surface area (Å²) in [6, 6.07) is 6.26. The molecule has 0 aliphatic heterocycles. The van der Waals surface area contributed by atoms with Crippen LogP contribution in [0.3, 0.4) is 0 Å². The van der Waals surface area contributed by atoms with Gasteiger partial charge in [-0.05, 0) is 17.7 Å². The fourth-order valence-corrected chi connectivity index (χ4v) is 1.98. The highest BCUT2D eigenvalue weighted by Crippen LogP contribution is 2.23. The summed E-state index contributed by atoms with van der Waals surface area (Å²) in [5, 5.41) is 2.14. The topological polar surface area (TPSA) is 15.8 Å². The fourth-order valence-electron chi connectivity index (χ4n) is 1.43. The number of nitrogens with one attached hydrogen (secondary N) is 1. The van der Waals surface area contributed by atoms with Crippen LogP contribution < -0.4 is 0 Å². The van der Waals surface area contributed by atoms with Gasteiger partial charge < -0.3 is 4.98 Å². The first-order valence-electron chi connectivity index (χ1n) is 4.30. The second-order valence-corrected chi connectivity index (χ2v) is 4.55. The Labute approximate surface area is 99.5 Å². The SMILES string of the molecule is BrCC=Cc1c[nH]c2cc(Br)ccc12. The zero-order valence-corrected chi connectivity index (χ0v) is 10.6. The monoisotopic (exact) mass is 313 g/mol. The Bertz CT molecular complexity index is 471. The fraction of sp³-hybridized carbons (Fsp3) is 0.0909. The number of allylic oxidation sites excluding steroid dienone is 1. The van der Waals surface area contributed by atoms with Gasteiger partial charge in [-0.3, -0.25) is 0 Å². The van der Waals surface area contributed by atoms with Crippen LogP contribution in [0.2, 0.25) is 0 Å². The summed E-state index contributed by atoms with van der Waals surface area (Å²) < 4.78 is 1.10. The lowest BCUT2D eigenvalue weighted by Gasteiger charge is -1.92. The lowest BCUT2D eigenvalue weighted by atomic mass is 10.2. The number of fused-ring (bicyclic) bond motifs is 1. The van der Waals surface area contributed by atoms with Gasteiger partial charge in [0.1, 0.15) is 0 Å². The molecule has 3 heteroatoms. The third-order valence-electron chi connectivity index (χ3n) is 2.06. The minimum atomic E-state index is 0.885. The van der Waals surface area contributed by atoms with E-state index in [1.807, 2.05) is 6.20 Å². The first-order chi connectivity index (χ1) is 6.81. The molecule has 0 bridgehead atoms. The van der Waals surface area contributed by atoms with Crippen LogP contribution in [0.5, 0.6) is 0 Å². The maximum Gasteiger partial charge on any atom is 0.0471 e. The number of hydrogen-bond acceptors (Lipinski definition) is 0. The molecule has 0 radical (unpaired) electrons. The third kappa shape index (κ3) is 1.93. The first kappa shape index (κ1) is 9.99. The second kappa shape index (κ2) is 4.32. The van der Waals surface area contributed by atoms with Gasteiger partial charge in [0.25, 0.3) is 0 Å². The maximum atomic E-state index is 3.45. The smallest absolute Gasteiger partial charge is 0.0471 e. The quantitative estimate of drug-likeness (QED) is 0.794. The summed E-state index contributed by atoms with van der Waals surface area (Å²) >= 11 is 6.82.